The van der Waals surface area contributed by atoms with Crippen molar-refractivity contribution >= 4 is 46.4 Å². The van der Waals surface area contributed by atoms with E-state index in [-0.39, 0.29) is 0 Å². The Hall–Kier alpha value is -2.67. The van der Waals surface area contributed by atoms with Crippen LogP contribution in [-0.4, -0.2) is 38.1 Å². The second-order valence-corrected chi connectivity index (χ2v) is 8.63. The second-order valence-electron chi connectivity index (χ2n) is 7.84. The van der Waals surface area contributed by atoms with E-state index in [4.69, 9.17) is 23.2 Å². The SMILES string of the molecule is Cc1ccc(Cl)c(/C=C/c2n[nH]c3ncc(-c4cnn(C5CCNCC5)c4)cc23)c1Cl. The smallest absolute Gasteiger partial charge is 0.155 e. The summed E-state index contributed by atoms with van der Waals surface area (Å²) < 4.78 is 2.08. The quantitative estimate of drug-likeness (QED) is 0.426. The number of benzene rings is 1. The molecule has 0 amide bonds. The maximum Gasteiger partial charge on any atom is 0.155 e. The van der Waals surface area contributed by atoms with Gasteiger partial charge in [-0.05, 0) is 62.7 Å². The number of nitrogens with one attached hydrogen (secondary N) is 2. The van der Waals surface area contributed by atoms with E-state index in [1.807, 2.05) is 43.6 Å². The Morgan fingerprint density at radius 1 is 1.10 bits per heavy atom. The van der Waals surface area contributed by atoms with Gasteiger partial charge in [-0.2, -0.15) is 10.2 Å². The number of aromatic nitrogens is 5. The lowest BCUT2D eigenvalue weighted by Crippen LogP contribution is -2.29. The summed E-state index contributed by atoms with van der Waals surface area (Å²) in [5.41, 5.74) is 5.34. The van der Waals surface area contributed by atoms with Gasteiger partial charge >= 0.3 is 0 Å². The van der Waals surface area contributed by atoms with Gasteiger partial charge in [0.05, 0.1) is 23.0 Å². The first-order chi connectivity index (χ1) is 15.1. The van der Waals surface area contributed by atoms with Crippen molar-refractivity contribution < 1.29 is 0 Å². The summed E-state index contributed by atoms with van der Waals surface area (Å²) in [5, 5.41) is 17.6. The van der Waals surface area contributed by atoms with Crippen LogP contribution in [0.1, 0.15) is 35.7 Å². The van der Waals surface area contributed by atoms with Crippen LogP contribution in [0.2, 0.25) is 10.0 Å². The first-order valence-corrected chi connectivity index (χ1v) is 11.1. The van der Waals surface area contributed by atoms with E-state index in [0.717, 1.165) is 64.9 Å². The van der Waals surface area contributed by atoms with E-state index in [0.29, 0.717) is 16.1 Å². The largest absolute Gasteiger partial charge is 0.317 e. The zero-order valence-electron chi connectivity index (χ0n) is 17.1. The van der Waals surface area contributed by atoms with Gasteiger partial charge in [0.15, 0.2) is 5.65 Å². The van der Waals surface area contributed by atoms with Crippen LogP contribution < -0.4 is 5.32 Å². The molecule has 0 saturated carbocycles. The predicted octanol–water partition coefficient (Wildman–Crippen LogP) is 5.53. The first kappa shape index (κ1) is 20.2. The van der Waals surface area contributed by atoms with Crippen LogP contribution in [-0.2, 0) is 0 Å². The fourth-order valence-corrected chi connectivity index (χ4v) is 4.46. The van der Waals surface area contributed by atoms with Crippen molar-refractivity contribution in [3.63, 3.8) is 0 Å². The molecule has 1 fully saturated rings. The summed E-state index contributed by atoms with van der Waals surface area (Å²) >= 11 is 12.8. The number of nitrogens with zero attached hydrogens (tertiary/aromatic N) is 4. The van der Waals surface area contributed by atoms with Gasteiger partial charge in [0.1, 0.15) is 0 Å². The third-order valence-corrected chi connectivity index (χ3v) is 6.62. The maximum atomic E-state index is 6.44. The molecule has 1 saturated heterocycles. The van der Waals surface area contributed by atoms with E-state index in [9.17, 15) is 0 Å². The van der Waals surface area contributed by atoms with Crippen LogP contribution >= 0.6 is 23.2 Å². The highest BCUT2D eigenvalue weighted by molar-refractivity contribution is 6.37. The topological polar surface area (TPSA) is 71.4 Å². The molecule has 0 bridgehead atoms. The molecule has 31 heavy (non-hydrogen) atoms. The van der Waals surface area contributed by atoms with Crippen molar-refractivity contribution in [1.29, 1.82) is 0 Å². The number of aryl methyl sites for hydroxylation is 1. The van der Waals surface area contributed by atoms with Crippen LogP contribution in [0, 0.1) is 6.92 Å². The lowest BCUT2D eigenvalue weighted by Gasteiger charge is -2.22. The summed E-state index contributed by atoms with van der Waals surface area (Å²) in [6, 6.07) is 6.30. The third-order valence-electron chi connectivity index (χ3n) is 5.79. The summed E-state index contributed by atoms with van der Waals surface area (Å²) in [5.74, 6) is 0. The molecule has 0 radical (unpaired) electrons. The van der Waals surface area contributed by atoms with Crippen molar-refractivity contribution in [3.8, 4) is 11.1 Å². The van der Waals surface area contributed by atoms with Crippen LogP contribution in [0.5, 0.6) is 0 Å². The predicted molar refractivity (Wildman–Crippen MR) is 126 cm³/mol. The first-order valence-electron chi connectivity index (χ1n) is 10.3. The molecule has 0 aliphatic carbocycles. The molecule has 0 unspecified atom stereocenters. The highest BCUT2D eigenvalue weighted by Gasteiger charge is 2.16. The van der Waals surface area contributed by atoms with Crippen molar-refractivity contribution in [2.45, 2.75) is 25.8 Å². The number of hydrogen-bond acceptors (Lipinski definition) is 4. The average molecular weight is 453 g/mol. The standard InChI is InChI=1S/C23H22Cl2N6/c1-14-2-4-20(24)18(22(14)25)3-5-21-19-10-15(11-27-23(19)30-29-21)16-12-28-31(13-16)17-6-8-26-9-7-17/h2-5,10-13,17,26H,6-9H2,1H3,(H,27,29,30)/b5-3+. The zero-order chi connectivity index (χ0) is 21.4. The number of halogens is 2. The van der Waals surface area contributed by atoms with Crippen LogP contribution in [0.3, 0.4) is 0 Å². The fraction of sp³-hybridized carbons (Fsp3) is 0.261. The minimum Gasteiger partial charge on any atom is -0.317 e. The fourth-order valence-electron chi connectivity index (χ4n) is 3.96. The van der Waals surface area contributed by atoms with E-state index < -0.39 is 0 Å². The highest BCUT2D eigenvalue weighted by Crippen LogP contribution is 2.31. The number of pyridine rings is 1. The van der Waals surface area contributed by atoms with Gasteiger partial charge < -0.3 is 5.32 Å². The number of hydrogen-bond donors (Lipinski definition) is 2. The van der Waals surface area contributed by atoms with Gasteiger partial charge in [-0.1, -0.05) is 29.3 Å². The van der Waals surface area contributed by atoms with E-state index in [2.05, 4.69) is 42.5 Å². The minimum atomic E-state index is 0.447. The molecule has 1 aromatic carbocycles. The lowest BCUT2D eigenvalue weighted by atomic mass is 10.1. The molecule has 0 atom stereocenters. The van der Waals surface area contributed by atoms with E-state index >= 15 is 0 Å². The van der Waals surface area contributed by atoms with Gasteiger partial charge in [0.25, 0.3) is 0 Å². The Labute approximate surface area is 190 Å². The second kappa shape index (κ2) is 8.46. The summed E-state index contributed by atoms with van der Waals surface area (Å²) in [6.45, 7) is 4.03. The van der Waals surface area contributed by atoms with Gasteiger partial charge in [0.2, 0.25) is 0 Å². The van der Waals surface area contributed by atoms with Crippen molar-refractivity contribution in [2.24, 2.45) is 0 Å². The van der Waals surface area contributed by atoms with Gasteiger partial charge in [-0.15, -0.1) is 0 Å². The van der Waals surface area contributed by atoms with Crippen LogP contribution in [0.4, 0.5) is 0 Å². The summed E-state index contributed by atoms with van der Waals surface area (Å²) in [7, 11) is 0. The van der Waals surface area contributed by atoms with Gasteiger partial charge in [0, 0.05) is 39.5 Å². The van der Waals surface area contributed by atoms with Crippen molar-refractivity contribution in [2.75, 3.05) is 13.1 Å². The Balaban J connectivity index is 1.47. The molecule has 4 aromatic rings. The molecule has 3 aromatic heterocycles. The highest BCUT2D eigenvalue weighted by atomic mass is 35.5. The summed E-state index contributed by atoms with van der Waals surface area (Å²) in [4.78, 5) is 4.55. The molecular formula is C23H22Cl2N6. The molecule has 1 aliphatic heterocycles. The molecule has 158 valence electrons. The minimum absolute atomic E-state index is 0.447. The lowest BCUT2D eigenvalue weighted by molar-refractivity contribution is 0.343. The molecule has 0 spiro atoms. The molecule has 5 rings (SSSR count). The number of H-pyrrole nitrogens is 1. The number of fused-ring (bicyclic) bond motifs is 1. The Bertz CT molecular complexity index is 1270. The Morgan fingerprint density at radius 3 is 2.77 bits per heavy atom. The van der Waals surface area contributed by atoms with E-state index in [1.165, 1.54) is 0 Å². The molecule has 1 aliphatic rings. The average Bonchev–Trinajstić information content (AvgIpc) is 3.44. The van der Waals surface area contributed by atoms with Crippen molar-refractivity contribution in [3.05, 3.63) is 63.7 Å². The van der Waals surface area contributed by atoms with Crippen molar-refractivity contribution in [1.82, 2.24) is 30.3 Å². The normalized spacial score (nSPS) is 15.3. The molecule has 2 N–H and O–H groups in total. The van der Waals surface area contributed by atoms with Crippen LogP contribution in [0.15, 0.2) is 36.8 Å². The van der Waals surface area contributed by atoms with Gasteiger partial charge in [-0.3, -0.25) is 9.78 Å². The molecule has 6 nitrogen and oxygen atoms in total. The molecular weight excluding hydrogens is 431 g/mol. The zero-order valence-corrected chi connectivity index (χ0v) is 18.6. The van der Waals surface area contributed by atoms with Gasteiger partial charge in [-0.25, -0.2) is 4.98 Å². The number of piperidine rings is 1. The Kier molecular flexibility index (Phi) is 5.52. The number of rotatable bonds is 4. The van der Waals surface area contributed by atoms with Crippen LogP contribution in [0.25, 0.3) is 34.3 Å². The monoisotopic (exact) mass is 452 g/mol. The maximum absolute atomic E-state index is 6.44. The van der Waals surface area contributed by atoms with E-state index in [1.54, 1.807) is 0 Å². The third kappa shape index (κ3) is 3.99. The molecule has 4 heterocycles. The molecule has 8 heteroatoms. The Morgan fingerprint density at radius 2 is 1.94 bits per heavy atom. The summed E-state index contributed by atoms with van der Waals surface area (Å²) in [6.07, 6.45) is 11.9. The number of aromatic amines is 1.